The minimum absolute atomic E-state index is 0.0553. The van der Waals surface area contributed by atoms with E-state index in [0.29, 0.717) is 5.56 Å². The van der Waals surface area contributed by atoms with Crippen LogP contribution in [0.1, 0.15) is 12.5 Å². The fourth-order valence-electron chi connectivity index (χ4n) is 2.22. The van der Waals surface area contributed by atoms with Crippen LogP contribution in [0.2, 0.25) is 10.0 Å². The highest BCUT2D eigenvalue weighted by Gasteiger charge is 2.26. The predicted octanol–water partition coefficient (Wildman–Crippen LogP) is 1.62. The molecule has 0 fully saturated rings. The molecule has 0 aliphatic heterocycles. The van der Waals surface area contributed by atoms with Crippen molar-refractivity contribution < 1.29 is 21.6 Å². The molecule has 2 aromatic rings. The lowest BCUT2D eigenvalue weighted by molar-refractivity contribution is -0.122. The van der Waals surface area contributed by atoms with Crippen LogP contribution in [-0.4, -0.2) is 28.8 Å². The number of benzene rings is 2. The van der Waals surface area contributed by atoms with E-state index in [1.165, 1.54) is 49.4 Å². The Balaban J connectivity index is 2.03. The SMILES string of the molecule is C[C@H](NS(=O)(=O)c1c(Cl)cccc1Cl)C(=O)NCc1ccc(S(N)(=O)=O)cc1. The van der Waals surface area contributed by atoms with E-state index < -0.39 is 32.0 Å². The van der Waals surface area contributed by atoms with Gasteiger partial charge in [0.2, 0.25) is 26.0 Å². The number of carbonyl (C=O) groups is 1. The van der Waals surface area contributed by atoms with Gasteiger partial charge in [0, 0.05) is 6.54 Å². The third-order valence-corrected chi connectivity index (χ3v) is 7.06. The maximum atomic E-state index is 12.5. The van der Waals surface area contributed by atoms with Crippen molar-refractivity contribution in [3.8, 4) is 0 Å². The highest BCUT2D eigenvalue weighted by Crippen LogP contribution is 2.28. The lowest BCUT2D eigenvalue weighted by Gasteiger charge is -2.16. The van der Waals surface area contributed by atoms with Crippen LogP contribution in [0.25, 0.3) is 0 Å². The normalized spacial score (nSPS) is 13.1. The van der Waals surface area contributed by atoms with Crippen LogP contribution in [-0.2, 0) is 31.4 Å². The standard InChI is InChI=1S/C16H17Cl2N3O5S2/c1-10(21-28(25,26)15-13(17)3-2-4-14(15)18)16(22)20-9-11-5-7-12(8-6-11)27(19,23)24/h2-8,10,21H,9H2,1H3,(H,20,22)(H2,19,23,24)/t10-/m0/s1. The summed E-state index contributed by atoms with van der Waals surface area (Å²) in [5.41, 5.74) is 0.602. The first-order valence-corrected chi connectivity index (χ1v) is 11.6. The van der Waals surface area contributed by atoms with Crippen molar-refractivity contribution in [3.63, 3.8) is 0 Å². The second kappa shape index (κ2) is 8.76. The third-order valence-electron chi connectivity index (χ3n) is 3.63. The van der Waals surface area contributed by atoms with Gasteiger partial charge < -0.3 is 5.32 Å². The van der Waals surface area contributed by atoms with Gasteiger partial charge in [0.15, 0.2) is 0 Å². The van der Waals surface area contributed by atoms with E-state index in [-0.39, 0.29) is 26.4 Å². The minimum atomic E-state index is -4.13. The van der Waals surface area contributed by atoms with Gasteiger partial charge in [0.1, 0.15) is 4.90 Å². The predicted molar refractivity (Wildman–Crippen MR) is 106 cm³/mol. The number of carbonyl (C=O) groups excluding carboxylic acids is 1. The van der Waals surface area contributed by atoms with Crippen molar-refractivity contribution >= 4 is 49.2 Å². The van der Waals surface area contributed by atoms with Gasteiger partial charge in [-0.3, -0.25) is 4.79 Å². The molecule has 0 saturated heterocycles. The summed E-state index contributed by atoms with van der Waals surface area (Å²) in [6.07, 6.45) is 0. The number of hydrogen-bond donors (Lipinski definition) is 3. The van der Waals surface area contributed by atoms with Crippen molar-refractivity contribution in [3.05, 3.63) is 58.1 Å². The minimum Gasteiger partial charge on any atom is -0.351 e. The summed E-state index contributed by atoms with van der Waals surface area (Å²) in [6.45, 7) is 1.42. The quantitative estimate of drug-likeness (QED) is 0.570. The molecule has 28 heavy (non-hydrogen) atoms. The Morgan fingerprint density at radius 2 is 1.57 bits per heavy atom. The summed E-state index contributed by atoms with van der Waals surface area (Å²) in [4.78, 5) is 11.8. The number of primary sulfonamides is 1. The molecule has 0 radical (unpaired) electrons. The smallest absolute Gasteiger partial charge is 0.244 e. The first kappa shape index (κ1) is 22.6. The van der Waals surface area contributed by atoms with Crippen LogP contribution < -0.4 is 15.2 Å². The van der Waals surface area contributed by atoms with Gasteiger partial charge in [-0.05, 0) is 36.8 Å². The molecule has 0 unspecified atom stereocenters. The molecule has 2 aromatic carbocycles. The van der Waals surface area contributed by atoms with E-state index >= 15 is 0 Å². The molecule has 0 aliphatic rings. The van der Waals surface area contributed by atoms with Gasteiger partial charge >= 0.3 is 0 Å². The molecular formula is C16H17Cl2N3O5S2. The van der Waals surface area contributed by atoms with Gasteiger partial charge in [-0.1, -0.05) is 41.4 Å². The van der Waals surface area contributed by atoms with Crippen LogP contribution in [0.15, 0.2) is 52.3 Å². The topological polar surface area (TPSA) is 135 Å². The van der Waals surface area contributed by atoms with Crippen molar-refractivity contribution in [2.45, 2.75) is 29.3 Å². The number of nitrogens with two attached hydrogens (primary N) is 1. The highest BCUT2D eigenvalue weighted by atomic mass is 35.5. The molecule has 0 bridgehead atoms. The fraction of sp³-hybridized carbons (Fsp3) is 0.188. The van der Waals surface area contributed by atoms with Crippen molar-refractivity contribution in [1.82, 2.24) is 10.0 Å². The number of sulfonamides is 2. The van der Waals surface area contributed by atoms with E-state index in [9.17, 15) is 21.6 Å². The number of amides is 1. The molecule has 0 spiro atoms. The Morgan fingerprint density at radius 1 is 1.04 bits per heavy atom. The fourth-order valence-corrected chi connectivity index (χ4v) is 5.09. The summed E-state index contributed by atoms with van der Waals surface area (Å²) < 4.78 is 49.6. The number of halogens is 2. The zero-order valence-electron chi connectivity index (χ0n) is 14.5. The van der Waals surface area contributed by atoms with Crippen LogP contribution in [0, 0.1) is 0 Å². The van der Waals surface area contributed by atoms with Crippen LogP contribution in [0.5, 0.6) is 0 Å². The largest absolute Gasteiger partial charge is 0.351 e. The molecule has 0 saturated carbocycles. The average Bonchev–Trinajstić information content (AvgIpc) is 2.58. The summed E-state index contributed by atoms with van der Waals surface area (Å²) in [5, 5.41) is 7.43. The average molecular weight is 466 g/mol. The van der Waals surface area contributed by atoms with Crippen LogP contribution >= 0.6 is 23.2 Å². The third kappa shape index (κ3) is 5.66. The van der Waals surface area contributed by atoms with E-state index in [2.05, 4.69) is 10.0 Å². The Morgan fingerprint density at radius 3 is 2.07 bits per heavy atom. The summed E-state index contributed by atoms with van der Waals surface area (Å²) in [5.74, 6) is -0.595. The Hall–Kier alpha value is -1.69. The van der Waals surface area contributed by atoms with Gasteiger partial charge in [-0.15, -0.1) is 0 Å². The number of hydrogen-bond acceptors (Lipinski definition) is 5. The molecule has 8 nitrogen and oxygen atoms in total. The van der Waals surface area contributed by atoms with Crippen LogP contribution in [0.3, 0.4) is 0 Å². The zero-order valence-corrected chi connectivity index (χ0v) is 17.7. The van der Waals surface area contributed by atoms with Gasteiger partial charge in [0.25, 0.3) is 0 Å². The second-order valence-corrected chi connectivity index (χ2v) is 9.83. The van der Waals surface area contributed by atoms with Gasteiger partial charge in [0.05, 0.1) is 21.0 Å². The van der Waals surface area contributed by atoms with E-state index in [1.54, 1.807) is 0 Å². The second-order valence-electron chi connectivity index (χ2n) is 5.80. The van der Waals surface area contributed by atoms with Crippen molar-refractivity contribution in [1.29, 1.82) is 0 Å². The lowest BCUT2D eigenvalue weighted by atomic mass is 10.2. The van der Waals surface area contributed by atoms with Crippen molar-refractivity contribution in [2.75, 3.05) is 0 Å². The summed E-state index contributed by atoms with van der Waals surface area (Å²) in [6, 6.07) is 8.72. The lowest BCUT2D eigenvalue weighted by Crippen LogP contribution is -2.44. The molecule has 0 heterocycles. The van der Waals surface area contributed by atoms with Gasteiger partial charge in [-0.25, -0.2) is 22.0 Å². The van der Waals surface area contributed by atoms with E-state index in [1.807, 2.05) is 0 Å². The molecule has 1 atom stereocenters. The molecule has 12 heteroatoms. The van der Waals surface area contributed by atoms with Crippen molar-refractivity contribution in [2.24, 2.45) is 5.14 Å². The maximum absolute atomic E-state index is 12.5. The Kier molecular flexibility index (Phi) is 7.07. The molecule has 4 N–H and O–H groups in total. The van der Waals surface area contributed by atoms with E-state index in [0.717, 1.165) is 0 Å². The monoisotopic (exact) mass is 465 g/mol. The first-order valence-electron chi connectivity index (χ1n) is 7.77. The number of rotatable bonds is 7. The molecular weight excluding hydrogens is 449 g/mol. The summed E-state index contributed by atoms with van der Waals surface area (Å²) >= 11 is 11.8. The first-order chi connectivity index (χ1) is 12.9. The Labute approximate surface area is 173 Å². The maximum Gasteiger partial charge on any atom is 0.244 e. The zero-order chi connectivity index (χ0) is 21.1. The van der Waals surface area contributed by atoms with Crippen LogP contribution in [0.4, 0.5) is 0 Å². The molecule has 2 rings (SSSR count). The Bertz CT molecular complexity index is 1070. The molecule has 1 amide bonds. The molecule has 0 aromatic heterocycles. The summed E-state index contributed by atoms with van der Waals surface area (Å²) in [7, 11) is -7.93. The number of nitrogens with one attached hydrogen (secondary N) is 2. The van der Waals surface area contributed by atoms with E-state index in [4.69, 9.17) is 28.3 Å². The molecule has 152 valence electrons. The highest BCUT2D eigenvalue weighted by molar-refractivity contribution is 7.90. The van der Waals surface area contributed by atoms with Gasteiger partial charge in [-0.2, -0.15) is 4.72 Å². The molecule has 0 aliphatic carbocycles.